The van der Waals surface area contributed by atoms with Gasteiger partial charge in [0.15, 0.2) is 11.5 Å². The number of hydrogen-bond acceptors (Lipinski definition) is 5. The molecule has 6 heteroatoms. The van der Waals surface area contributed by atoms with E-state index in [1.807, 2.05) is 14.1 Å². The number of nitrogens with zero attached hydrogens (tertiary/aromatic N) is 3. The third-order valence-electron chi connectivity index (χ3n) is 3.24. The molecule has 1 atom stereocenters. The highest BCUT2D eigenvalue weighted by molar-refractivity contribution is 8.00. The number of rotatable bonds is 6. The lowest BCUT2D eigenvalue weighted by atomic mass is 10.1. The van der Waals surface area contributed by atoms with Crippen molar-refractivity contribution in [2.45, 2.75) is 24.6 Å². The number of carbonyl (C=O) groups excluding carboxylic acids is 1. The van der Waals surface area contributed by atoms with Gasteiger partial charge in [-0.05, 0) is 32.7 Å². The summed E-state index contributed by atoms with van der Waals surface area (Å²) in [6.45, 7) is 1.55. The number of ether oxygens (including phenoxy) is 1. The molecule has 1 unspecified atom stereocenters. The summed E-state index contributed by atoms with van der Waals surface area (Å²) in [7, 11) is 5.61. The molecule has 0 bridgehead atoms. The molecule has 2 rings (SSSR count). The molecule has 0 saturated carbocycles. The van der Waals surface area contributed by atoms with Gasteiger partial charge in [-0.2, -0.15) is 16.9 Å². The first-order valence-corrected chi connectivity index (χ1v) is 7.58. The number of methoxy groups -OCH3 is 1. The third kappa shape index (κ3) is 3.30. The van der Waals surface area contributed by atoms with Gasteiger partial charge < -0.3 is 9.64 Å². The molecule has 0 amide bonds. The summed E-state index contributed by atoms with van der Waals surface area (Å²) in [6, 6.07) is 0. The molecule has 1 aliphatic heterocycles. The molecule has 1 aliphatic rings. The fraction of sp³-hybridized carbons (Fsp3) is 0.692. The maximum Gasteiger partial charge on any atom is 0.197 e. The minimum absolute atomic E-state index is 0.0729. The zero-order chi connectivity index (χ0) is 13.8. The fourth-order valence-corrected chi connectivity index (χ4v) is 3.38. The first kappa shape index (κ1) is 14.4. The van der Waals surface area contributed by atoms with Gasteiger partial charge in [0.05, 0.1) is 25.1 Å². The van der Waals surface area contributed by atoms with Gasteiger partial charge in [0, 0.05) is 6.54 Å². The molecule has 1 saturated heterocycles. The molecule has 0 aromatic carbocycles. The van der Waals surface area contributed by atoms with E-state index in [9.17, 15) is 4.79 Å². The normalized spacial score (nSPS) is 19.1. The van der Waals surface area contributed by atoms with Gasteiger partial charge in [-0.15, -0.1) is 0 Å². The molecule has 5 nitrogen and oxygen atoms in total. The van der Waals surface area contributed by atoms with Gasteiger partial charge in [-0.25, -0.2) is 0 Å². The average Bonchev–Trinajstić information content (AvgIpc) is 3.04. The largest absolute Gasteiger partial charge is 0.493 e. The standard InChI is InChI=1S/C13H21N3O2S/c1-15(2)6-7-16-12(10(18-3)9-14-16)13(17)11-5-4-8-19-11/h9,11H,4-8H2,1-3H3. The monoisotopic (exact) mass is 283 g/mol. The lowest BCUT2D eigenvalue weighted by Crippen LogP contribution is -2.24. The maximum absolute atomic E-state index is 12.6. The number of aromatic nitrogens is 2. The predicted octanol–water partition coefficient (Wildman–Crippen LogP) is 1.53. The second kappa shape index (κ2) is 6.43. The molecule has 0 spiro atoms. The van der Waals surface area contributed by atoms with Crippen molar-refractivity contribution >= 4 is 17.5 Å². The van der Waals surface area contributed by atoms with Gasteiger partial charge in [0.25, 0.3) is 0 Å². The molecular weight excluding hydrogens is 262 g/mol. The number of hydrogen-bond donors (Lipinski definition) is 0. The van der Waals surface area contributed by atoms with Crippen molar-refractivity contribution in [2.24, 2.45) is 0 Å². The first-order chi connectivity index (χ1) is 9.13. The second-order valence-electron chi connectivity index (χ2n) is 4.95. The van der Waals surface area contributed by atoms with E-state index in [1.54, 1.807) is 29.8 Å². The van der Waals surface area contributed by atoms with Crippen LogP contribution in [0, 0.1) is 0 Å². The minimum atomic E-state index is 0.0729. The van der Waals surface area contributed by atoms with E-state index in [0.717, 1.165) is 25.1 Å². The van der Waals surface area contributed by atoms with Gasteiger partial charge >= 0.3 is 0 Å². The van der Waals surface area contributed by atoms with Crippen molar-refractivity contribution in [3.8, 4) is 5.75 Å². The van der Waals surface area contributed by atoms with Gasteiger partial charge in [0.1, 0.15) is 5.69 Å². The Balaban J connectivity index is 2.20. The van der Waals surface area contributed by atoms with Gasteiger partial charge in [-0.3, -0.25) is 9.48 Å². The summed E-state index contributed by atoms with van der Waals surface area (Å²) in [4.78, 5) is 14.7. The SMILES string of the molecule is COc1cnn(CCN(C)C)c1C(=O)C1CCCS1. The van der Waals surface area contributed by atoms with E-state index in [0.29, 0.717) is 18.0 Å². The first-order valence-electron chi connectivity index (χ1n) is 6.54. The van der Waals surface area contributed by atoms with E-state index in [1.165, 1.54) is 0 Å². The third-order valence-corrected chi connectivity index (χ3v) is 4.62. The molecule has 0 N–H and O–H groups in total. The van der Waals surface area contributed by atoms with Crippen LogP contribution < -0.4 is 4.74 Å². The molecule has 0 aliphatic carbocycles. The van der Waals surface area contributed by atoms with Crippen LogP contribution in [0.3, 0.4) is 0 Å². The topological polar surface area (TPSA) is 47.4 Å². The van der Waals surface area contributed by atoms with Crippen LogP contribution in [0.4, 0.5) is 0 Å². The second-order valence-corrected chi connectivity index (χ2v) is 6.26. The van der Waals surface area contributed by atoms with Crippen molar-refractivity contribution in [1.82, 2.24) is 14.7 Å². The molecule has 0 radical (unpaired) electrons. The van der Waals surface area contributed by atoms with Crippen LogP contribution in [0.2, 0.25) is 0 Å². The van der Waals surface area contributed by atoms with Crippen LogP contribution in [0.15, 0.2) is 6.20 Å². The number of likely N-dealkylation sites (N-methyl/N-ethyl adjacent to an activating group) is 1. The Labute approximate surface area is 118 Å². The van der Waals surface area contributed by atoms with E-state index in [2.05, 4.69) is 10.00 Å². The molecule has 1 aromatic heterocycles. The highest BCUT2D eigenvalue weighted by Crippen LogP contribution is 2.31. The maximum atomic E-state index is 12.6. The number of ketones is 1. The summed E-state index contributed by atoms with van der Waals surface area (Å²) in [5.74, 6) is 1.83. The molecular formula is C13H21N3O2S. The number of thioether (sulfide) groups is 1. The zero-order valence-corrected chi connectivity index (χ0v) is 12.6. The summed E-state index contributed by atoms with van der Waals surface area (Å²) < 4.78 is 7.06. The van der Waals surface area contributed by atoms with Crippen molar-refractivity contribution in [3.05, 3.63) is 11.9 Å². The van der Waals surface area contributed by atoms with Gasteiger partial charge in [0.2, 0.25) is 0 Å². The lowest BCUT2D eigenvalue weighted by molar-refractivity contribution is 0.0974. The molecule has 106 valence electrons. The highest BCUT2D eigenvalue weighted by atomic mass is 32.2. The number of carbonyl (C=O) groups is 1. The van der Waals surface area contributed by atoms with Crippen molar-refractivity contribution in [2.75, 3.05) is 33.5 Å². The van der Waals surface area contributed by atoms with E-state index in [4.69, 9.17) is 4.74 Å². The predicted molar refractivity (Wildman–Crippen MR) is 77.1 cm³/mol. The summed E-state index contributed by atoms with van der Waals surface area (Å²) in [6.07, 6.45) is 3.73. The van der Waals surface area contributed by atoms with Crippen LogP contribution in [0.25, 0.3) is 0 Å². The molecule has 1 aromatic rings. The van der Waals surface area contributed by atoms with Crippen LogP contribution in [0.5, 0.6) is 5.75 Å². The van der Waals surface area contributed by atoms with E-state index >= 15 is 0 Å². The Morgan fingerprint density at radius 3 is 3.00 bits per heavy atom. The van der Waals surface area contributed by atoms with Crippen LogP contribution in [0.1, 0.15) is 23.3 Å². The van der Waals surface area contributed by atoms with Crippen molar-refractivity contribution < 1.29 is 9.53 Å². The van der Waals surface area contributed by atoms with E-state index < -0.39 is 0 Å². The Morgan fingerprint density at radius 2 is 2.42 bits per heavy atom. The molecule has 2 heterocycles. The summed E-state index contributed by atoms with van der Waals surface area (Å²) in [5, 5.41) is 4.36. The van der Waals surface area contributed by atoms with Crippen molar-refractivity contribution in [1.29, 1.82) is 0 Å². The van der Waals surface area contributed by atoms with Crippen molar-refractivity contribution in [3.63, 3.8) is 0 Å². The smallest absolute Gasteiger partial charge is 0.197 e. The van der Waals surface area contributed by atoms with Crippen LogP contribution in [-0.2, 0) is 6.54 Å². The molecule has 1 fully saturated rings. The number of Topliss-reactive ketones (excluding diaryl/α,β-unsaturated/α-hetero) is 1. The average molecular weight is 283 g/mol. The Morgan fingerprint density at radius 1 is 1.63 bits per heavy atom. The summed E-state index contributed by atoms with van der Waals surface area (Å²) in [5.41, 5.74) is 0.628. The fourth-order valence-electron chi connectivity index (χ4n) is 2.17. The van der Waals surface area contributed by atoms with Gasteiger partial charge in [-0.1, -0.05) is 0 Å². The van der Waals surface area contributed by atoms with Crippen LogP contribution >= 0.6 is 11.8 Å². The summed E-state index contributed by atoms with van der Waals surface area (Å²) >= 11 is 1.74. The quantitative estimate of drug-likeness (QED) is 0.741. The Bertz CT molecular complexity index is 439. The lowest BCUT2D eigenvalue weighted by Gasteiger charge is -2.14. The highest BCUT2D eigenvalue weighted by Gasteiger charge is 2.29. The zero-order valence-electron chi connectivity index (χ0n) is 11.8. The minimum Gasteiger partial charge on any atom is -0.493 e. The van der Waals surface area contributed by atoms with E-state index in [-0.39, 0.29) is 11.0 Å². The van der Waals surface area contributed by atoms with Crippen LogP contribution in [-0.4, -0.2) is 59.2 Å². The Kier molecular flexibility index (Phi) is 4.87. The Hall–Kier alpha value is -1.01. The molecule has 19 heavy (non-hydrogen) atoms.